The van der Waals surface area contributed by atoms with Gasteiger partial charge in [0.2, 0.25) is 10.0 Å². The number of likely N-dealkylation sites (N-methyl/N-ethyl adjacent to an activating group) is 1. The van der Waals surface area contributed by atoms with E-state index in [1.807, 2.05) is 0 Å². The first-order chi connectivity index (χ1) is 12.2. The van der Waals surface area contributed by atoms with Crippen LogP contribution in [0.15, 0.2) is 23.2 Å². The van der Waals surface area contributed by atoms with E-state index < -0.39 is 21.9 Å². The molecule has 0 N–H and O–H groups in total. The van der Waals surface area contributed by atoms with Crippen LogP contribution in [0.5, 0.6) is 0 Å². The number of hydrogen-bond donors (Lipinski definition) is 0. The Morgan fingerprint density at radius 2 is 1.85 bits per heavy atom. The molecule has 0 unspecified atom stereocenters. The monoisotopic (exact) mass is 392 g/mol. The zero-order valence-corrected chi connectivity index (χ0v) is 15.4. The van der Waals surface area contributed by atoms with Gasteiger partial charge in [-0.15, -0.1) is 0 Å². The molecule has 0 bridgehead atoms. The molecule has 0 aliphatic carbocycles. The number of hydrogen-bond acceptors (Lipinski definition) is 5. The largest absolute Gasteiger partial charge is 0.433 e. The number of rotatable bonds is 4. The fourth-order valence-electron chi connectivity index (χ4n) is 3.52. The minimum Gasteiger partial charge on any atom is -0.301 e. The van der Waals surface area contributed by atoms with E-state index in [2.05, 4.69) is 21.7 Å². The minimum absolute atomic E-state index is 0.159. The summed E-state index contributed by atoms with van der Waals surface area (Å²) in [7, 11) is -3.82. The molecule has 0 spiro atoms. The summed E-state index contributed by atoms with van der Waals surface area (Å²) in [5, 5.41) is 0. The van der Waals surface area contributed by atoms with E-state index in [0.29, 0.717) is 19.2 Å². The summed E-state index contributed by atoms with van der Waals surface area (Å²) >= 11 is 0. The Morgan fingerprint density at radius 3 is 2.38 bits per heavy atom. The van der Waals surface area contributed by atoms with E-state index in [0.717, 1.165) is 51.4 Å². The Labute approximate surface area is 151 Å². The van der Waals surface area contributed by atoms with Crippen molar-refractivity contribution in [3.8, 4) is 0 Å². The lowest BCUT2D eigenvalue weighted by atomic mass is 10.2. The van der Waals surface area contributed by atoms with Gasteiger partial charge in [0.15, 0.2) is 0 Å². The number of nitrogens with zero attached hydrogens (tertiary/aromatic N) is 4. The molecule has 3 heterocycles. The van der Waals surface area contributed by atoms with Gasteiger partial charge in [0, 0.05) is 51.5 Å². The maximum absolute atomic E-state index is 12.7. The Balaban J connectivity index is 1.66. The number of pyridine rings is 1. The van der Waals surface area contributed by atoms with Crippen molar-refractivity contribution in [1.29, 1.82) is 0 Å². The Kier molecular flexibility index (Phi) is 5.57. The Morgan fingerprint density at radius 1 is 1.15 bits per heavy atom. The molecule has 1 atom stereocenters. The zero-order valence-electron chi connectivity index (χ0n) is 14.6. The average Bonchev–Trinajstić information content (AvgIpc) is 3.12. The van der Waals surface area contributed by atoms with Crippen molar-refractivity contribution in [2.75, 3.05) is 45.8 Å². The molecule has 2 fully saturated rings. The van der Waals surface area contributed by atoms with Crippen LogP contribution in [0.25, 0.3) is 0 Å². The van der Waals surface area contributed by atoms with E-state index in [1.54, 1.807) is 0 Å². The second kappa shape index (κ2) is 7.41. The van der Waals surface area contributed by atoms with Crippen molar-refractivity contribution in [3.05, 3.63) is 24.0 Å². The van der Waals surface area contributed by atoms with Crippen LogP contribution >= 0.6 is 0 Å². The number of halogens is 3. The topological polar surface area (TPSA) is 56.8 Å². The van der Waals surface area contributed by atoms with Gasteiger partial charge in [-0.2, -0.15) is 17.5 Å². The van der Waals surface area contributed by atoms with E-state index in [1.165, 1.54) is 4.31 Å². The molecule has 6 nitrogen and oxygen atoms in total. The predicted molar refractivity (Wildman–Crippen MR) is 90.1 cm³/mol. The predicted octanol–water partition coefficient (Wildman–Crippen LogP) is 1.50. The molecule has 10 heteroatoms. The van der Waals surface area contributed by atoms with Crippen molar-refractivity contribution in [1.82, 2.24) is 19.1 Å². The minimum atomic E-state index is -4.58. The normalized spacial score (nSPS) is 24.2. The van der Waals surface area contributed by atoms with Crippen molar-refractivity contribution < 1.29 is 21.6 Å². The molecule has 0 amide bonds. The maximum Gasteiger partial charge on any atom is 0.433 e. The van der Waals surface area contributed by atoms with Crippen LogP contribution in [0.1, 0.15) is 19.0 Å². The highest BCUT2D eigenvalue weighted by Gasteiger charge is 2.37. The summed E-state index contributed by atoms with van der Waals surface area (Å²) in [6.07, 6.45) is -3.05. The summed E-state index contributed by atoms with van der Waals surface area (Å²) in [6.45, 7) is 7.66. The molecule has 146 valence electrons. The van der Waals surface area contributed by atoms with Gasteiger partial charge in [0.1, 0.15) is 10.6 Å². The summed E-state index contributed by atoms with van der Waals surface area (Å²) in [4.78, 5) is 7.74. The Hall–Kier alpha value is -1.23. The third-order valence-electron chi connectivity index (χ3n) is 5.16. The molecule has 2 saturated heterocycles. The van der Waals surface area contributed by atoms with Crippen LogP contribution in [0.4, 0.5) is 13.2 Å². The van der Waals surface area contributed by atoms with E-state index in [9.17, 15) is 21.6 Å². The van der Waals surface area contributed by atoms with Crippen LogP contribution in [0.2, 0.25) is 0 Å². The molecule has 1 aromatic heterocycles. The third-order valence-corrected chi connectivity index (χ3v) is 7.01. The smallest absolute Gasteiger partial charge is 0.301 e. The number of sulfonamides is 1. The highest BCUT2D eigenvalue weighted by Crippen LogP contribution is 2.29. The molecule has 0 aromatic carbocycles. The van der Waals surface area contributed by atoms with E-state index in [-0.39, 0.29) is 10.9 Å². The second-order valence-corrected chi connectivity index (χ2v) is 8.59. The molecule has 1 aromatic rings. The van der Waals surface area contributed by atoms with Gasteiger partial charge in [-0.1, -0.05) is 6.92 Å². The van der Waals surface area contributed by atoms with Crippen LogP contribution in [0.3, 0.4) is 0 Å². The molecule has 0 radical (unpaired) electrons. The van der Waals surface area contributed by atoms with Crippen molar-refractivity contribution >= 4 is 10.0 Å². The summed E-state index contributed by atoms with van der Waals surface area (Å²) in [6, 6.07) is 1.86. The lowest BCUT2D eigenvalue weighted by molar-refractivity contribution is -0.141. The SMILES string of the molecule is CCN1CCN([C@H]2CCN(S(=O)(=O)c3ccc(C(F)(F)F)nc3)C2)CC1. The van der Waals surface area contributed by atoms with Crippen LogP contribution in [-0.2, 0) is 16.2 Å². The first-order valence-corrected chi connectivity index (χ1v) is 10.2. The average molecular weight is 392 g/mol. The first-order valence-electron chi connectivity index (χ1n) is 8.71. The van der Waals surface area contributed by atoms with Gasteiger partial charge in [-0.05, 0) is 25.1 Å². The first kappa shape index (κ1) is 19.5. The fourth-order valence-corrected chi connectivity index (χ4v) is 4.96. The van der Waals surface area contributed by atoms with Gasteiger partial charge >= 0.3 is 6.18 Å². The van der Waals surface area contributed by atoms with Gasteiger partial charge in [-0.3, -0.25) is 9.88 Å². The summed E-state index contributed by atoms with van der Waals surface area (Å²) < 4.78 is 64.5. The zero-order chi connectivity index (χ0) is 18.9. The standard InChI is InChI=1S/C16H23F3N4O2S/c1-2-21-7-9-22(10-8-21)13-5-6-23(12-13)26(24,25)14-3-4-15(20-11-14)16(17,18)19/h3-4,11,13H,2,5-10,12H2,1H3/t13-/m0/s1. The summed E-state index contributed by atoms with van der Waals surface area (Å²) in [5.74, 6) is 0. The molecule has 0 saturated carbocycles. The number of aromatic nitrogens is 1. The van der Waals surface area contributed by atoms with Gasteiger partial charge in [0.05, 0.1) is 0 Å². The molecule has 2 aliphatic heterocycles. The maximum atomic E-state index is 12.7. The lowest BCUT2D eigenvalue weighted by Gasteiger charge is -2.37. The summed E-state index contributed by atoms with van der Waals surface area (Å²) in [5.41, 5.74) is -1.09. The highest BCUT2D eigenvalue weighted by atomic mass is 32.2. The van der Waals surface area contributed by atoms with E-state index in [4.69, 9.17) is 0 Å². The van der Waals surface area contributed by atoms with Crippen molar-refractivity contribution in [2.45, 2.75) is 30.5 Å². The van der Waals surface area contributed by atoms with Gasteiger partial charge in [-0.25, -0.2) is 8.42 Å². The number of alkyl halides is 3. The van der Waals surface area contributed by atoms with Gasteiger partial charge < -0.3 is 4.90 Å². The fraction of sp³-hybridized carbons (Fsp3) is 0.688. The van der Waals surface area contributed by atoms with Crippen molar-refractivity contribution in [2.24, 2.45) is 0 Å². The molecule has 26 heavy (non-hydrogen) atoms. The molecule has 2 aliphatic rings. The third kappa shape index (κ3) is 4.03. The van der Waals surface area contributed by atoms with Gasteiger partial charge in [0.25, 0.3) is 0 Å². The molecular weight excluding hydrogens is 369 g/mol. The van der Waals surface area contributed by atoms with E-state index >= 15 is 0 Å². The van der Waals surface area contributed by atoms with Crippen molar-refractivity contribution in [3.63, 3.8) is 0 Å². The molecule has 3 rings (SSSR count). The lowest BCUT2D eigenvalue weighted by Crippen LogP contribution is -2.51. The highest BCUT2D eigenvalue weighted by molar-refractivity contribution is 7.89. The number of piperazine rings is 1. The molecular formula is C16H23F3N4O2S. The van der Waals surface area contributed by atoms with Crippen LogP contribution in [0, 0.1) is 0 Å². The second-order valence-electron chi connectivity index (χ2n) is 6.65. The van der Waals surface area contributed by atoms with Crippen LogP contribution in [-0.4, -0.2) is 79.4 Å². The van der Waals surface area contributed by atoms with Crippen LogP contribution < -0.4 is 0 Å². The Bertz CT molecular complexity index is 716. The quantitative estimate of drug-likeness (QED) is 0.777.